The minimum atomic E-state index is -0.0934. The summed E-state index contributed by atoms with van der Waals surface area (Å²) in [5.41, 5.74) is 6.23. The van der Waals surface area contributed by atoms with Crippen molar-refractivity contribution < 1.29 is 14.3 Å². The molecule has 0 bridgehead atoms. The molecule has 1 aromatic carbocycles. The molecule has 0 aromatic heterocycles. The minimum Gasteiger partial charge on any atom is -0.491 e. The molecule has 19 heavy (non-hydrogen) atoms. The number of carbonyl (C=O) groups excluding carboxylic acids is 1. The molecule has 0 aliphatic heterocycles. The molecule has 106 valence electrons. The van der Waals surface area contributed by atoms with E-state index in [2.05, 4.69) is 5.32 Å². The number of amides is 1. The van der Waals surface area contributed by atoms with Gasteiger partial charge in [-0.15, -0.1) is 0 Å². The summed E-state index contributed by atoms with van der Waals surface area (Å²) in [6.07, 6.45) is 0.768. The highest BCUT2D eigenvalue weighted by molar-refractivity contribution is 5.94. The number of rotatable bonds is 8. The van der Waals surface area contributed by atoms with E-state index >= 15 is 0 Å². The van der Waals surface area contributed by atoms with E-state index < -0.39 is 0 Å². The molecule has 1 unspecified atom stereocenters. The number of nitrogens with one attached hydrogen (secondary N) is 1. The Morgan fingerprint density at radius 1 is 1.32 bits per heavy atom. The molecule has 0 aliphatic carbocycles. The van der Waals surface area contributed by atoms with Gasteiger partial charge in [-0.3, -0.25) is 4.79 Å². The van der Waals surface area contributed by atoms with E-state index in [1.165, 1.54) is 0 Å². The normalized spacial score (nSPS) is 11.9. The first-order chi connectivity index (χ1) is 9.13. The number of hydrogen-bond donors (Lipinski definition) is 2. The van der Waals surface area contributed by atoms with Crippen molar-refractivity contribution in [3.63, 3.8) is 0 Å². The second kappa shape index (κ2) is 8.50. The molecule has 1 amide bonds. The van der Waals surface area contributed by atoms with Gasteiger partial charge >= 0.3 is 0 Å². The standard InChI is InChI=1S/C14H22N2O3/c1-11(15)7-8-16-14(17)12-3-5-13(6-4-12)19-10-9-18-2/h3-6,11H,7-10,15H2,1-2H3,(H,16,17). The Hall–Kier alpha value is -1.59. The Labute approximate surface area is 114 Å². The van der Waals surface area contributed by atoms with Gasteiger partial charge < -0.3 is 20.5 Å². The van der Waals surface area contributed by atoms with Gasteiger partial charge in [-0.25, -0.2) is 0 Å². The molecule has 3 N–H and O–H groups in total. The van der Waals surface area contributed by atoms with Gasteiger partial charge in [0.2, 0.25) is 0 Å². The van der Waals surface area contributed by atoms with Gasteiger partial charge in [-0.1, -0.05) is 0 Å². The van der Waals surface area contributed by atoms with E-state index in [0.29, 0.717) is 25.3 Å². The van der Waals surface area contributed by atoms with Gasteiger partial charge in [0.25, 0.3) is 5.91 Å². The highest BCUT2D eigenvalue weighted by Gasteiger charge is 2.05. The van der Waals surface area contributed by atoms with E-state index in [9.17, 15) is 4.79 Å². The summed E-state index contributed by atoms with van der Waals surface area (Å²) < 4.78 is 10.3. The third-order valence-electron chi connectivity index (χ3n) is 2.56. The second-order valence-electron chi connectivity index (χ2n) is 4.39. The van der Waals surface area contributed by atoms with Gasteiger partial charge in [0.1, 0.15) is 12.4 Å². The molecule has 5 nitrogen and oxygen atoms in total. The van der Waals surface area contributed by atoms with Crippen LogP contribution in [0.4, 0.5) is 0 Å². The fourth-order valence-corrected chi connectivity index (χ4v) is 1.46. The molecule has 1 aromatic rings. The van der Waals surface area contributed by atoms with E-state index in [1.807, 2.05) is 6.92 Å². The molecule has 1 rings (SSSR count). The van der Waals surface area contributed by atoms with Crippen molar-refractivity contribution in [2.75, 3.05) is 26.9 Å². The van der Waals surface area contributed by atoms with Crippen LogP contribution in [0, 0.1) is 0 Å². The van der Waals surface area contributed by atoms with Crippen LogP contribution in [0.5, 0.6) is 5.75 Å². The highest BCUT2D eigenvalue weighted by atomic mass is 16.5. The number of hydrogen-bond acceptors (Lipinski definition) is 4. The van der Waals surface area contributed by atoms with Crippen molar-refractivity contribution in [2.24, 2.45) is 5.73 Å². The Morgan fingerprint density at radius 3 is 2.58 bits per heavy atom. The van der Waals surface area contributed by atoms with Crippen molar-refractivity contribution in [1.29, 1.82) is 0 Å². The number of benzene rings is 1. The summed E-state index contributed by atoms with van der Waals surface area (Å²) in [6.45, 7) is 3.54. The lowest BCUT2D eigenvalue weighted by Crippen LogP contribution is -2.28. The highest BCUT2D eigenvalue weighted by Crippen LogP contribution is 2.12. The maximum atomic E-state index is 11.8. The lowest BCUT2D eigenvalue weighted by Gasteiger charge is -2.08. The van der Waals surface area contributed by atoms with Gasteiger partial charge in [0.05, 0.1) is 6.61 Å². The van der Waals surface area contributed by atoms with Gasteiger partial charge in [-0.2, -0.15) is 0 Å². The summed E-state index contributed by atoms with van der Waals surface area (Å²) >= 11 is 0. The number of ether oxygens (including phenoxy) is 2. The van der Waals surface area contributed by atoms with Crippen LogP contribution < -0.4 is 15.8 Å². The monoisotopic (exact) mass is 266 g/mol. The third kappa shape index (κ3) is 6.22. The van der Waals surface area contributed by atoms with Crippen LogP contribution in [0.15, 0.2) is 24.3 Å². The van der Waals surface area contributed by atoms with E-state index in [-0.39, 0.29) is 11.9 Å². The number of methoxy groups -OCH3 is 1. The zero-order valence-electron chi connectivity index (χ0n) is 11.5. The maximum absolute atomic E-state index is 11.8. The zero-order valence-corrected chi connectivity index (χ0v) is 11.5. The predicted molar refractivity (Wildman–Crippen MR) is 74.4 cm³/mol. The summed E-state index contributed by atoms with van der Waals surface area (Å²) in [5.74, 6) is 0.633. The van der Waals surface area contributed by atoms with Crippen molar-refractivity contribution in [1.82, 2.24) is 5.32 Å². The largest absolute Gasteiger partial charge is 0.491 e. The first kappa shape index (κ1) is 15.5. The summed E-state index contributed by atoms with van der Waals surface area (Å²) in [6, 6.07) is 7.12. The Bertz CT molecular complexity index is 377. The molecule has 0 fully saturated rings. The molecular formula is C14H22N2O3. The van der Waals surface area contributed by atoms with E-state index in [1.54, 1.807) is 31.4 Å². The first-order valence-electron chi connectivity index (χ1n) is 6.39. The Morgan fingerprint density at radius 2 is 2.00 bits per heavy atom. The number of carbonyl (C=O) groups is 1. The number of nitrogens with two attached hydrogens (primary N) is 1. The summed E-state index contributed by atoms with van der Waals surface area (Å²) in [4.78, 5) is 11.8. The molecule has 0 spiro atoms. The zero-order chi connectivity index (χ0) is 14.1. The fraction of sp³-hybridized carbons (Fsp3) is 0.500. The second-order valence-corrected chi connectivity index (χ2v) is 4.39. The molecular weight excluding hydrogens is 244 g/mol. The molecule has 5 heteroatoms. The topological polar surface area (TPSA) is 73.6 Å². The summed E-state index contributed by atoms with van der Waals surface area (Å²) in [5, 5.41) is 2.82. The first-order valence-corrected chi connectivity index (χ1v) is 6.39. The average molecular weight is 266 g/mol. The van der Waals surface area contributed by atoms with Crippen LogP contribution in [0.3, 0.4) is 0 Å². The molecule has 0 saturated heterocycles. The van der Waals surface area contributed by atoms with Gasteiger partial charge in [0.15, 0.2) is 0 Å². The predicted octanol–water partition coefficient (Wildman–Crippen LogP) is 1.18. The van der Waals surface area contributed by atoms with Crippen LogP contribution >= 0.6 is 0 Å². The summed E-state index contributed by atoms with van der Waals surface area (Å²) in [7, 11) is 1.62. The molecule has 0 heterocycles. The lowest BCUT2D eigenvalue weighted by molar-refractivity contribution is 0.0952. The van der Waals surface area contributed by atoms with Crippen LogP contribution in [0.25, 0.3) is 0 Å². The van der Waals surface area contributed by atoms with Crippen LogP contribution in [0.1, 0.15) is 23.7 Å². The average Bonchev–Trinajstić information content (AvgIpc) is 2.39. The molecule has 1 atom stereocenters. The van der Waals surface area contributed by atoms with Crippen LogP contribution in [-0.2, 0) is 4.74 Å². The molecule has 0 saturated carbocycles. The van der Waals surface area contributed by atoms with E-state index in [4.69, 9.17) is 15.2 Å². The smallest absolute Gasteiger partial charge is 0.251 e. The van der Waals surface area contributed by atoms with Crippen molar-refractivity contribution in [3.05, 3.63) is 29.8 Å². The molecule has 0 radical (unpaired) electrons. The fourth-order valence-electron chi connectivity index (χ4n) is 1.46. The molecule has 0 aliphatic rings. The maximum Gasteiger partial charge on any atom is 0.251 e. The van der Waals surface area contributed by atoms with Crippen molar-refractivity contribution in [2.45, 2.75) is 19.4 Å². The lowest BCUT2D eigenvalue weighted by atomic mass is 10.2. The quantitative estimate of drug-likeness (QED) is 0.693. The minimum absolute atomic E-state index is 0.0934. The Balaban J connectivity index is 2.39. The van der Waals surface area contributed by atoms with Crippen molar-refractivity contribution in [3.8, 4) is 5.75 Å². The van der Waals surface area contributed by atoms with E-state index in [0.717, 1.165) is 12.2 Å². The SMILES string of the molecule is COCCOc1ccc(C(=O)NCCC(C)N)cc1. The Kier molecular flexibility index (Phi) is 6.92. The van der Waals surface area contributed by atoms with Gasteiger partial charge in [0, 0.05) is 25.3 Å². The van der Waals surface area contributed by atoms with Crippen LogP contribution in [-0.4, -0.2) is 38.8 Å². The van der Waals surface area contributed by atoms with Gasteiger partial charge in [-0.05, 0) is 37.6 Å². The third-order valence-corrected chi connectivity index (χ3v) is 2.56. The van der Waals surface area contributed by atoms with Crippen LogP contribution in [0.2, 0.25) is 0 Å². The van der Waals surface area contributed by atoms with Crippen molar-refractivity contribution >= 4 is 5.91 Å².